The third-order valence-corrected chi connectivity index (χ3v) is 4.08. The van der Waals surface area contributed by atoms with Gasteiger partial charge in [-0.1, -0.05) is 76.3 Å². The Bertz CT molecular complexity index is 471. The second kappa shape index (κ2) is 11.9. The zero-order valence-corrected chi connectivity index (χ0v) is 15.1. The van der Waals surface area contributed by atoms with E-state index in [1.165, 1.54) is 63.0 Å². The van der Waals surface area contributed by atoms with E-state index in [4.69, 9.17) is 4.74 Å². The number of aryl methyl sites for hydroxylation is 1. The van der Waals surface area contributed by atoms with E-state index in [9.17, 15) is 4.79 Å². The molecule has 0 fully saturated rings. The Morgan fingerprint density at radius 1 is 1.00 bits per heavy atom. The second-order valence-corrected chi connectivity index (χ2v) is 6.20. The number of benzene rings is 1. The second-order valence-electron chi connectivity index (χ2n) is 6.20. The van der Waals surface area contributed by atoms with Gasteiger partial charge in [-0.25, -0.2) is 0 Å². The Morgan fingerprint density at radius 2 is 1.65 bits per heavy atom. The Balaban J connectivity index is 2.41. The van der Waals surface area contributed by atoms with E-state index in [1.807, 2.05) is 0 Å². The number of hydrogen-bond acceptors (Lipinski definition) is 2. The van der Waals surface area contributed by atoms with E-state index in [1.54, 1.807) is 0 Å². The minimum absolute atomic E-state index is 0.223. The molecule has 0 atom stereocenters. The molecule has 23 heavy (non-hydrogen) atoms. The largest absolute Gasteiger partial charge is 0.461 e. The van der Waals surface area contributed by atoms with Crippen LogP contribution in [0.15, 0.2) is 29.8 Å². The summed E-state index contributed by atoms with van der Waals surface area (Å²) in [6, 6.07) is 8.76. The van der Waals surface area contributed by atoms with Crippen LogP contribution < -0.4 is 0 Å². The SMILES string of the molecule is CCCCCCCCc1ccc(/C=C(\CC)COC(C)=O)cc1. The van der Waals surface area contributed by atoms with E-state index in [2.05, 4.69) is 44.2 Å². The molecule has 0 aliphatic rings. The first-order chi connectivity index (χ1) is 11.2. The van der Waals surface area contributed by atoms with Crippen LogP contribution in [0.1, 0.15) is 76.8 Å². The van der Waals surface area contributed by atoms with Crippen LogP contribution in [-0.2, 0) is 16.0 Å². The third-order valence-electron chi connectivity index (χ3n) is 4.08. The van der Waals surface area contributed by atoms with Gasteiger partial charge in [0.2, 0.25) is 0 Å². The normalized spacial score (nSPS) is 11.5. The average Bonchev–Trinajstić information content (AvgIpc) is 2.55. The van der Waals surface area contributed by atoms with E-state index >= 15 is 0 Å². The summed E-state index contributed by atoms with van der Waals surface area (Å²) >= 11 is 0. The monoisotopic (exact) mass is 316 g/mol. The lowest BCUT2D eigenvalue weighted by Gasteiger charge is -2.06. The molecule has 1 aromatic rings. The van der Waals surface area contributed by atoms with E-state index in [-0.39, 0.29) is 5.97 Å². The number of rotatable bonds is 11. The van der Waals surface area contributed by atoms with Crippen LogP contribution in [0.2, 0.25) is 0 Å². The number of hydrogen-bond donors (Lipinski definition) is 0. The predicted molar refractivity (Wildman–Crippen MR) is 98.4 cm³/mol. The quantitative estimate of drug-likeness (QED) is 0.372. The summed E-state index contributed by atoms with van der Waals surface area (Å²) in [5.41, 5.74) is 3.74. The summed E-state index contributed by atoms with van der Waals surface area (Å²) in [6.07, 6.45) is 12.2. The first-order valence-electron chi connectivity index (χ1n) is 9.07. The Kier molecular flexibility index (Phi) is 10.1. The predicted octanol–water partition coefficient (Wildman–Crippen LogP) is 5.95. The van der Waals surface area contributed by atoms with Crippen LogP contribution in [0.5, 0.6) is 0 Å². The van der Waals surface area contributed by atoms with Crippen LogP contribution >= 0.6 is 0 Å². The summed E-state index contributed by atoms with van der Waals surface area (Å²) in [5.74, 6) is -0.223. The highest BCUT2D eigenvalue weighted by molar-refractivity contribution is 5.66. The Hall–Kier alpha value is -1.57. The van der Waals surface area contributed by atoms with Crippen LogP contribution in [0, 0.1) is 0 Å². The van der Waals surface area contributed by atoms with Gasteiger partial charge in [-0.15, -0.1) is 0 Å². The highest BCUT2D eigenvalue weighted by Crippen LogP contribution is 2.14. The fourth-order valence-corrected chi connectivity index (χ4v) is 2.57. The fraction of sp³-hybridized carbons (Fsp3) is 0.571. The number of ether oxygens (including phenoxy) is 1. The van der Waals surface area contributed by atoms with Crippen molar-refractivity contribution in [3.8, 4) is 0 Å². The lowest BCUT2D eigenvalue weighted by atomic mass is 10.0. The lowest BCUT2D eigenvalue weighted by Crippen LogP contribution is -2.02. The highest BCUT2D eigenvalue weighted by Gasteiger charge is 2.00. The molecule has 0 heterocycles. The van der Waals surface area contributed by atoms with Gasteiger partial charge in [-0.05, 0) is 36.0 Å². The minimum atomic E-state index is -0.223. The molecule has 0 radical (unpaired) electrons. The van der Waals surface area contributed by atoms with Gasteiger partial charge in [0.05, 0.1) is 0 Å². The van der Waals surface area contributed by atoms with E-state index in [0.717, 1.165) is 12.0 Å². The molecular formula is C21H32O2. The first-order valence-corrected chi connectivity index (χ1v) is 9.07. The number of carbonyl (C=O) groups excluding carboxylic acids is 1. The van der Waals surface area contributed by atoms with Crippen LogP contribution in [-0.4, -0.2) is 12.6 Å². The van der Waals surface area contributed by atoms with Crippen molar-refractivity contribution in [3.63, 3.8) is 0 Å². The molecule has 0 saturated carbocycles. The summed E-state index contributed by atoms with van der Waals surface area (Å²) < 4.78 is 5.08. The van der Waals surface area contributed by atoms with Crippen molar-refractivity contribution in [1.29, 1.82) is 0 Å². The smallest absolute Gasteiger partial charge is 0.302 e. The minimum Gasteiger partial charge on any atom is -0.461 e. The first kappa shape index (κ1) is 19.5. The standard InChI is InChI=1S/C21H32O2/c1-4-6-7-8-9-10-11-20-12-14-21(15-13-20)16-19(5-2)17-23-18(3)22/h12-16H,4-11,17H2,1-3H3/b19-16+. The highest BCUT2D eigenvalue weighted by atomic mass is 16.5. The lowest BCUT2D eigenvalue weighted by molar-refractivity contribution is -0.139. The van der Waals surface area contributed by atoms with Gasteiger partial charge in [0, 0.05) is 6.92 Å². The van der Waals surface area contributed by atoms with Crippen LogP contribution in [0.25, 0.3) is 6.08 Å². The summed E-state index contributed by atoms with van der Waals surface area (Å²) in [5, 5.41) is 0. The summed E-state index contributed by atoms with van der Waals surface area (Å²) in [6.45, 7) is 6.18. The van der Waals surface area contributed by atoms with Crippen molar-refractivity contribution in [1.82, 2.24) is 0 Å². The molecule has 0 aromatic heterocycles. The Labute approximate surface area is 141 Å². The van der Waals surface area contributed by atoms with Gasteiger partial charge < -0.3 is 4.74 Å². The van der Waals surface area contributed by atoms with Crippen molar-refractivity contribution in [2.24, 2.45) is 0 Å². The van der Waals surface area contributed by atoms with Crippen LogP contribution in [0.4, 0.5) is 0 Å². The molecule has 0 saturated heterocycles. The van der Waals surface area contributed by atoms with Crippen molar-refractivity contribution in [2.75, 3.05) is 6.61 Å². The van der Waals surface area contributed by atoms with E-state index in [0.29, 0.717) is 6.61 Å². The topological polar surface area (TPSA) is 26.3 Å². The maximum Gasteiger partial charge on any atom is 0.302 e. The maximum absolute atomic E-state index is 10.9. The number of unbranched alkanes of at least 4 members (excludes halogenated alkanes) is 5. The molecule has 0 aliphatic carbocycles. The Morgan fingerprint density at radius 3 is 2.26 bits per heavy atom. The molecule has 128 valence electrons. The maximum atomic E-state index is 10.9. The molecule has 2 heteroatoms. The molecule has 1 rings (SSSR count). The van der Waals surface area contributed by atoms with Crippen LogP contribution in [0.3, 0.4) is 0 Å². The molecule has 0 amide bonds. The van der Waals surface area contributed by atoms with Crippen molar-refractivity contribution in [3.05, 3.63) is 41.0 Å². The van der Waals surface area contributed by atoms with Crippen molar-refractivity contribution >= 4 is 12.0 Å². The molecular weight excluding hydrogens is 284 g/mol. The molecule has 2 nitrogen and oxygen atoms in total. The van der Waals surface area contributed by atoms with Crippen molar-refractivity contribution in [2.45, 2.75) is 72.1 Å². The molecule has 0 spiro atoms. The molecule has 0 bridgehead atoms. The summed E-state index contributed by atoms with van der Waals surface area (Å²) in [4.78, 5) is 10.9. The van der Waals surface area contributed by atoms with Gasteiger partial charge in [0.25, 0.3) is 0 Å². The summed E-state index contributed by atoms with van der Waals surface area (Å²) in [7, 11) is 0. The van der Waals surface area contributed by atoms with E-state index < -0.39 is 0 Å². The zero-order valence-electron chi connectivity index (χ0n) is 15.1. The molecule has 0 unspecified atom stereocenters. The zero-order chi connectivity index (χ0) is 16.9. The van der Waals surface area contributed by atoms with Gasteiger partial charge >= 0.3 is 5.97 Å². The molecule has 1 aromatic carbocycles. The van der Waals surface area contributed by atoms with Crippen molar-refractivity contribution < 1.29 is 9.53 Å². The third kappa shape index (κ3) is 9.22. The van der Waals surface area contributed by atoms with Gasteiger partial charge in [0.15, 0.2) is 0 Å². The molecule has 0 N–H and O–H groups in total. The van der Waals surface area contributed by atoms with Gasteiger partial charge in [0.1, 0.15) is 6.61 Å². The fourth-order valence-electron chi connectivity index (χ4n) is 2.57. The van der Waals surface area contributed by atoms with Gasteiger partial charge in [-0.2, -0.15) is 0 Å². The number of carbonyl (C=O) groups is 1. The average molecular weight is 316 g/mol. The molecule has 0 aliphatic heterocycles. The van der Waals surface area contributed by atoms with Gasteiger partial charge in [-0.3, -0.25) is 4.79 Å². The number of esters is 1.